The third kappa shape index (κ3) is 2.78. The van der Waals surface area contributed by atoms with Gasteiger partial charge in [0.25, 0.3) is 0 Å². The first kappa shape index (κ1) is 12.2. The summed E-state index contributed by atoms with van der Waals surface area (Å²) in [5.41, 5.74) is -1.40. The third-order valence-corrected chi connectivity index (χ3v) is 2.69. The topological polar surface area (TPSA) is 52.6 Å². The summed E-state index contributed by atoms with van der Waals surface area (Å²) in [5, 5.41) is 0. The highest BCUT2D eigenvalue weighted by atomic mass is 16.6. The summed E-state index contributed by atoms with van der Waals surface area (Å²) in [6.07, 6.45) is 0.875. The Labute approximate surface area is 89.9 Å². The number of hydrogen-bond donors (Lipinski definition) is 0. The average molecular weight is 214 g/mol. The number of hydrogen-bond acceptors (Lipinski definition) is 4. The summed E-state index contributed by atoms with van der Waals surface area (Å²) >= 11 is 0. The maximum absolute atomic E-state index is 11.6. The number of Topliss-reactive ketones (excluding diaryl/α,β-unsaturated/α-hetero) is 1. The third-order valence-electron chi connectivity index (χ3n) is 2.69. The van der Waals surface area contributed by atoms with Gasteiger partial charge in [-0.05, 0) is 20.8 Å². The van der Waals surface area contributed by atoms with E-state index >= 15 is 0 Å². The van der Waals surface area contributed by atoms with Crippen LogP contribution in [0.3, 0.4) is 0 Å². The van der Waals surface area contributed by atoms with Crippen LogP contribution in [-0.4, -0.2) is 29.6 Å². The van der Waals surface area contributed by atoms with Crippen molar-refractivity contribution in [2.24, 2.45) is 0 Å². The summed E-state index contributed by atoms with van der Waals surface area (Å²) in [6, 6.07) is 0. The Morgan fingerprint density at radius 2 is 1.87 bits per heavy atom. The van der Waals surface area contributed by atoms with Crippen molar-refractivity contribution in [3.63, 3.8) is 0 Å². The molecule has 1 atom stereocenters. The quantitative estimate of drug-likeness (QED) is 0.653. The largest absolute Gasteiger partial charge is 0.451 e. The minimum Gasteiger partial charge on any atom is -0.451 e. The fraction of sp³-hybridized carbons (Fsp3) is 0.818. The van der Waals surface area contributed by atoms with Crippen LogP contribution in [0, 0.1) is 0 Å². The Balaban J connectivity index is 2.90. The molecule has 1 saturated heterocycles. The molecule has 15 heavy (non-hydrogen) atoms. The Morgan fingerprint density at radius 1 is 1.27 bits per heavy atom. The van der Waals surface area contributed by atoms with E-state index in [-0.39, 0.29) is 5.78 Å². The molecule has 4 nitrogen and oxygen atoms in total. The average Bonchev–Trinajstić information content (AvgIpc) is 1.99. The number of rotatable bonds is 2. The van der Waals surface area contributed by atoms with Gasteiger partial charge in [-0.1, -0.05) is 0 Å². The normalized spacial score (nSPS) is 29.6. The number of esters is 1. The van der Waals surface area contributed by atoms with Crippen LogP contribution in [0.2, 0.25) is 0 Å². The van der Waals surface area contributed by atoms with Gasteiger partial charge in [0.2, 0.25) is 0 Å². The zero-order valence-corrected chi connectivity index (χ0v) is 9.75. The first-order chi connectivity index (χ1) is 6.77. The van der Waals surface area contributed by atoms with Crippen LogP contribution in [0.15, 0.2) is 0 Å². The zero-order valence-electron chi connectivity index (χ0n) is 9.75. The molecule has 1 heterocycles. The smallest absolute Gasteiger partial charge is 0.303 e. The van der Waals surface area contributed by atoms with E-state index in [1.807, 2.05) is 13.8 Å². The van der Waals surface area contributed by atoms with Gasteiger partial charge in [0.15, 0.2) is 11.4 Å². The summed E-state index contributed by atoms with van der Waals surface area (Å²) in [6.45, 7) is 7.03. The molecule has 0 saturated carbocycles. The zero-order chi connectivity index (χ0) is 11.7. The second kappa shape index (κ2) is 3.93. The monoisotopic (exact) mass is 214 g/mol. The van der Waals surface area contributed by atoms with Gasteiger partial charge < -0.3 is 9.47 Å². The lowest BCUT2D eigenvalue weighted by atomic mass is 9.81. The van der Waals surface area contributed by atoms with Crippen molar-refractivity contribution >= 4 is 11.8 Å². The van der Waals surface area contributed by atoms with Crippen LogP contribution in [0.25, 0.3) is 0 Å². The van der Waals surface area contributed by atoms with Gasteiger partial charge in [0.05, 0.1) is 12.2 Å². The SMILES string of the molecule is CC(=O)OC1(C(C)=O)CCOC(C)(C)C1. The van der Waals surface area contributed by atoms with Crippen molar-refractivity contribution in [3.8, 4) is 0 Å². The van der Waals surface area contributed by atoms with Crippen LogP contribution in [0.4, 0.5) is 0 Å². The molecule has 0 aromatic rings. The second-order valence-corrected chi connectivity index (χ2v) is 4.68. The number of carbonyl (C=O) groups excluding carboxylic acids is 2. The van der Waals surface area contributed by atoms with E-state index in [0.717, 1.165) is 0 Å². The predicted molar refractivity (Wildman–Crippen MR) is 54.4 cm³/mol. The van der Waals surface area contributed by atoms with Gasteiger partial charge in [-0.3, -0.25) is 9.59 Å². The molecule has 0 aromatic heterocycles. The molecule has 1 rings (SSSR count). The maximum atomic E-state index is 11.6. The lowest BCUT2D eigenvalue weighted by Crippen LogP contribution is -2.52. The molecule has 0 aromatic carbocycles. The molecule has 4 heteroatoms. The van der Waals surface area contributed by atoms with Gasteiger partial charge >= 0.3 is 5.97 Å². The van der Waals surface area contributed by atoms with E-state index in [1.165, 1.54) is 13.8 Å². The molecule has 0 amide bonds. The van der Waals surface area contributed by atoms with Crippen LogP contribution in [0.5, 0.6) is 0 Å². The first-order valence-electron chi connectivity index (χ1n) is 5.12. The Hall–Kier alpha value is -0.900. The van der Waals surface area contributed by atoms with E-state index in [0.29, 0.717) is 19.4 Å². The summed E-state index contributed by atoms with van der Waals surface area (Å²) < 4.78 is 10.7. The van der Waals surface area contributed by atoms with Crippen molar-refractivity contribution in [3.05, 3.63) is 0 Å². The van der Waals surface area contributed by atoms with Crippen molar-refractivity contribution in [1.82, 2.24) is 0 Å². The molecule has 0 N–H and O–H groups in total. The molecule has 86 valence electrons. The van der Waals surface area contributed by atoms with E-state index in [2.05, 4.69) is 0 Å². The fourth-order valence-corrected chi connectivity index (χ4v) is 2.05. The molecule has 1 fully saturated rings. The summed E-state index contributed by atoms with van der Waals surface area (Å²) in [7, 11) is 0. The minimum absolute atomic E-state index is 0.103. The highest BCUT2D eigenvalue weighted by molar-refractivity contribution is 5.87. The van der Waals surface area contributed by atoms with E-state index < -0.39 is 17.2 Å². The molecular weight excluding hydrogens is 196 g/mol. The van der Waals surface area contributed by atoms with Crippen molar-refractivity contribution in [2.45, 2.75) is 51.7 Å². The molecule has 0 spiro atoms. The van der Waals surface area contributed by atoms with Gasteiger partial charge in [-0.2, -0.15) is 0 Å². The lowest BCUT2D eigenvalue weighted by molar-refractivity contribution is -0.189. The Kier molecular flexibility index (Phi) is 3.19. The molecule has 0 aliphatic carbocycles. The molecule has 1 aliphatic heterocycles. The fourth-order valence-electron chi connectivity index (χ4n) is 2.05. The van der Waals surface area contributed by atoms with Crippen LogP contribution < -0.4 is 0 Å². The van der Waals surface area contributed by atoms with Crippen molar-refractivity contribution < 1.29 is 19.1 Å². The standard InChI is InChI=1S/C11H18O4/c1-8(12)11(15-9(2)13)5-6-14-10(3,4)7-11/h5-7H2,1-4H3. The van der Waals surface area contributed by atoms with Gasteiger partial charge in [0.1, 0.15) is 0 Å². The van der Waals surface area contributed by atoms with Gasteiger partial charge in [-0.15, -0.1) is 0 Å². The molecule has 0 radical (unpaired) electrons. The predicted octanol–water partition coefficient (Wildman–Crippen LogP) is 1.47. The first-order valence-corrected chi connectivity index (χ1v) is 5.12. The van der Waals surface area contributed by atoms with Gasteiger partial charge in [0, 0.05) is 19.8 Å². The van der Waals surface area contributed by atoms with Crippen molar-refractivity contribution in [2.75, 3.05) is 6.61 Å². The van der Waals surface area contributed by atoms with Crippen molar-refractivity contribution in [1.29, 1.82) is 0 Å². The molecule has 1 unspecified atom stereocenters. The minimum atomic E-state index is -0.979. The van der Waals surface area contributed by atoms with Crippen LogP contribution in [-0.2, 0) is 19.1 Å². The summed E-state index contributed by atoms with van der Waals surface area (Å²) in [5.74, 6) is -0.517. The Morgan fingerprint density at radius 3 is 2.27 bits per heavy atom. The molecular formula is C11H18O4. The lowest BCUT2D eigenvalue weighted by Gasteiger charge is -2.42. The van der Waals surface area contributed by atoms with Crippen LogP contribution in [0.1, 0.15) is 40.5 Å². The van der Waals surface area contributed by atoms with Gasteiger partial charge in [-0.25, -0.2) is 0 Å². The maximum Gasteiger partial charge on any atom is 0.303 e. The molecule has 1 aliphatic rings. The van der Waals surface area contributed by atoms with E-state index in [9.17, 15) is 9.59 Å². The molecule has 0 bridgehead atoms. The second-order valence-electron chi connectivity index (χ2n) is 4.68. The number of carbonyl (C=O) groups is 2. The Bertz CT molecular complexity index is 282. The van der Waals surface area contributed by atoms with E-state index in [1.54, 1.807) is 0 Å². The number of ether oxygens (including phenoxy) is 2. The van der Waals surface area contributed by atoms with Crippen LogP contribution >= 0.6 is 0 Å². The number of ketones is 1. The van der Waals surface area contributed by atoms with E-state index in [4.69, 9.17) is 9.47 Å². The highest BCUT2D eigenvalue weighted by Crippen LogP contribution is 2.35. The summed E-state index contributed by atoms with van der Waals surface area (Å²) in [4.78, 5) is 22.6. The highest BCUT2D eigenvalue weighted by Gasteiger charge is 2.47.